The van der Waals surface area contributed by atoms with Crippen LogP contribution in [0.1, 0.15) is 12.5 Å². The van der Waals surface area contributed by atoms with Crippen molar-refractivity contribution in [1.29, 1.82) is 0 Å². The molecule has 0 saturated heterocycles. The molecule has 1 N–H and O–H groups in total. The highest BCUT2D eigenvalue weighted by molar-refractivity contribution is 5.83. The first-order valence-electron chi connectivity index (χ1n) is 6.48. The van der Waals surface area contributed by atoms with Crippen molar-refractivity contribution in [2.45, 2.75) is 13.3 Å². The number of nitrogens with zero attached hydrogens (tertiary/aromatic N) is 1. The Bertz CT molecular complexity index is 417. The van der Waals surface area contributed by atoms with Gasteiger partial charge < -0.3 is 5.32 Å². The molecule has 0 aromatic heterocycles. The monoisotopic (exact) mass is 262 g/mol. The molecule has 0 spiro atoms. The van der Waals surface area contributed by atoms with E-state index in [2.05, 4.69) is 5.32 Å². The smallest absolute Gasteiger partial charge is 0.223 e. The molecule has 0 fully saturated rings. The summed E-state index contributed by atoms with van der Waals surface area (Å²) in [4.78, 5) is 25.2. The molecule has 19 heavy (non-hydrogen) atoms. The minimum absolute atomic E-state index is 0.00218. The summed E-state index contributed by atoms with van der Waals surface area (Å²) in [5, 5.41) is 2.61. The van der Waals surface area contributed by atoms with E-state index in [4.69, 9.17) is 0 Å². The summed E-state index contributed by atoms with van der Waals surface area (Å²) in [6.45, 7) is 2.81. The first kappa shape index (κ1) is 15.4. The van der Waals surface area contributed by atoms with Gasteiger partial charge in [0, 0.05) is 25.9 Å². The van der Waals surface area contributed by atoms with Crippen molar-refractivity contribution in [3.05, 3.63) is 35.9 Å². The van der Waals surface area contributed by atoms with Crippen LogP contribution in [0.3, 0.4) is 0 Å². The highest BCUT2D eigenvalue weighted by atomic mass is 16.1. The van der Waals surface area contributed by atoms with Crippen molar-refractivity contribution in [3.63, 3.8) is 0 Å². The minimum atomic E-state index is -0.112. The Balaban J connectivity index is 2.38. The number of hydrogen-bond donors (Lipinski definition) is 1. The number of benzene rings is 1. The zero-order valence-electron chi connectivity index (χ0n) is 11.8. The lowest BCUT2D eigenvalue weighted by Gasteiger charge is -2.19. The molecule has 0 aliphatic carbocycles. The Kier molecular flexibility index (Phi) is 6.22. The highest BCUT2D eigenvalue weighted by Gasteiger charge is 2.15. The van der Waals surface area contributed by atoms with Crippen LogP contribution in [-0.4, -0.2) is 43.8 Å². The van der Waals surface area contributed by atoms with Crippen molar-refractivity contribution >= 4 is 11.7 Å². The molecule has 0 radical (unpaired) electrons. The first-order valence-corrected chi connectivity index (χ1v) is 6.48. The third-order valence-electron chi connectivity index (χ3n) is 2.97. The topological polar surface area (TPSA) is 49.4 Å². The molecule has 1 aromatic carbocycles. The van der Waals surface area contributed by atoms with Crippen LogP contribution in [0.4, 0.5) is 0 Å². The average molecular weight is 262 g/mol. The highest BCUT2D eigenvalue weighted by Crippen LogP contribution is 2.02. The summed E-state index contributed by atoms with van der Waals surface area (Å²) < 4.78 is 0. The largest absolute Gasteiger partial charge is 0.359 e. The van der Waals surface area contributed by atoms with Gasteiger partial charge in [-0.3, -0.25) is 14.5 Å². The second-order valence-electron chi connectivity index (χ2n) is 4.91. The Hall–Kier alpha value is -1.68. The normalized spacial score (nSPS) is 12.2. The van der Waals surface area contributed by atoms with Crippen molar-refractivity contribution in [3.8, 4) is 0 Å². The van der Waals surface area contributed by atoms with E-state index >= 15 is 0 Å². The molecule has 1 amide bonds. The molecule has 1 aromatic rings. The number of likely N-dealkylation sites (N-methyl/N-ethyl adjacent to an activating group) is 1. The zero-order valence-corrected chi connectivity index (χ0v) is 11.8. The predicted molar refractivity (Wildman–Crippen MR) is 75.9 cm³/mol. The van der Waals surface area contributed by atoms with Crippen LogP contribution in [0, 0.1) is 5.92 Å². The third kappa shape index (κ3) is 5.66. The van der Waals surface area contributed by atoms with Crippen LogP contribution in [0.15, 0.2) is 30.3 Å². The number of carbonyl (C=O) groups excluding carboxylic acids is 2. The average Bonchev–Trinajstić information content (AvgIpc) is 2.38. The molecule has 4 nitrogen and oxygen atoms in total. The summed E-state index contributed by atoms with van der Waals surface area (Å²) in [7, 11) is 3.49. The Morgan fingerprint density at radius 1 is 1.26 bits per heavy atom. The lowest BCUT2D eigenvalue weighted by Crippen LogP contribution is -2.36. The number of hydrogen-bond acceptors (Lipinski definition) is 3. The maximum atomic E-state index is 11.9. The van der Waals surface area contributed by atoms with Crippen molar-refractivity contribution in [2.75, 3.05) is 27.2 Å². The standard InChI is InChI=1S/C15H22N2O2/c1-12(15(19)16-2)10-17(3)11-14(18)9-13-7-5-4-6-8-13/h4-8,12H,9-11H2,1-3H3,(H,16,19). The molecule has 1 rings (SSSR count). The van der Waals surface area contributed by atoms with Crippen LogP contribution in [0.5, 0.6) is 0 Å². The quantitative estimate of drug-likeness (QED) is 0.801. The van der Waals surface area contributed by atoms with Gasteiger partial charge in [-0.05, 0) is 12.6 Å². The van der Waals surface area contributed by atoms with Gasteiger partial charge in [-0.15, -0.1) is 0 Å². The van der Waals surface area contributed by atoms with Crippen LogP contribution >= 0.6 is 0 Å². The van der Waals surface area contributed by atoms with Crippen LogP contribution in [0.2, 0.25) is 0 Å². The van der Waals surface area contributed by atoms with E-state index < -0.39 is 0 Å². The van der Waals surface area contributed by atoms with Gasteiger partial charge in [0.15, 0.2) is 5.78 Å². The molecule has 0 saturated carbocycles. The van der Waals surface area contributed by atoms with Crippen LogP contribution in [-0.2, 0) is 16.0 Å². The van der Waals surface area contributed by atoms with Gasteiger partial charge in [-0.2, -0.15) is 0 Å². The summed E-state index contributed by atoms with van der Waals surface area (Å²) in [6, 6.07) is 9.70. The van der Waals surface area contributed by atoms with E-state index in [1.165, 1.54) is 0 Å². The van der Waals surface area contributed by atoms with Gasteiger partial charge in [-0.1, -0.05) is 37.3 Å². The van der Waals surface area contributed by atoms with E-state index in [-0.39, 0.29) is 17.6 Å². The first-order chi connectivity index (χ1) is 9.02. The number of ketones is 1. The molecule has 0 aliphatic rings. The number of amides is 1. The van der Waals surface area contributed by atoms with Gasteiger partial charge in [0.25, 0.3) is 0 Å². The zero-order chi connectivity index (χ0) is 14.3. The summed E-state index contributed by atoms with van der Waals surface area (Å²) >= 11 is 0. The summed E-state index contributed by atoms with van der Waals surface area (Å²) in [5.41, 5.74) is 1.03. The summed E-state index contributed by atoms with van der Waals surface area (Å²) in [5.74, 6) is 0.0553. The van der Waals surface area contributed by atoms with Crippen molar-refractivity contribution in [1.82, 2.24) is 10.2 Å². The molecule has 0 bridgehead atoms. The van der Waals surface area contributed by atoms with E-state index in [0.717, 1.165) is 5.56 Å². The lowest BCUT2D eigenvalue weighted by atomic mass is 10.1. The molecule has 0 aliphatic heterocycles. The van der Waals surface area contributed by atoms with Crippen molar-refractivity contribution in [2.24, 2.45) is 5.92 Å². The maximum absolute atomic E-state index is 11.9. The van der Waals surface area contributed by atoms with E-state index in [9.17, 15) is 9.59 Å². The van der Waals surface area contributed by atoms with Crippen molar-refractivity contribution < 1.29 is 9.59 Å². The van der Waals surface area contributed by atoms with Gasteiger partial charge >= 0.3 is 0 Å². The predicted octanol–water partition coefficient (Wildman–Crippen LogP) is 1.11. The molecule has 104 valence electrons. The molecule has 4 heteroatoms. The fourth-order valence-corrected chi connectivity index (χ4v) is 2.04. The second-order valence-corrected chi connectivity index (χ2v) is 4.91. The minimum Gasteiger partial charge on any atom is -0.359 e. The Labute approximate surface area is 114 Å². The van der Waals surface area contributed by atoms with Crippen LogP contribution < -0.4 is 5.32 Å². The van der Waals surface area contributed by atoms with E-state index in [1.54, 1.807) is 7.05 Å². The van der Waals surface area contributed by atoms with E-state index in [0.29, 0.717) is 19.5 Å². The van der Waals surface area contributed by atoms with Gasteiger partial charge in [0.1, 0.15) is 0 Å². The fourth-order valence-electron chi connectivity index (χ4n) is 2.04. The lowest BCUT2D eigenvalue weighted by molar-refractivity contribution is -0.125. The van der Waals surface area contributed by atoms with E-state index in [1.807, 2.05) is 49.2 Å². The molecular weight excluding hydrogens is 240 g/mol. The molecule has 1 atom stereocenters. The summed E-state index contributed by atoms with van der Waals surface area (Å²) in [6.07, 6.45) is 0.444. The van der Waals surface area contributed by atoms with Gasteiger partial charge in [0.05, 0.1) is 6.54 Å². The van der Waals surface area contributed by atoms with Gasteiger partial charge in [-0.25, -0.2) is 0 Å². The Morgan fingerprint density at radius 2 is 1.89 bits per heavy atom. The second kappa shape index (κ2) is 7.69. The maximum Gasteiger partial charge on any atom is 0.223 e. The number of Topliss-reactive ketones (excluding diaryl/α,β-unsaturated/α-hetero) is 1. The molecule has 1 unspecified atom stereocenters. The fraction of sp³-hybridized carbons (Fsp3) is 0.467. The number of rotatable bonds is 7. The third-order valence-corrected chi connectivity index (χ3v) is 2.97. The number of nitrogens with one attached hydrogen (secondary N) is 1. The number of carbonyl (C=O) groups is 2. The molecule has 0 heterocycles. The van der Waals surface area contributed by atoms with Crippen LogP contribution in [0.25, 0.3) is 0 Å². The Morgan fingerprint density at radius 3 is 2.47 bits per heavy atom. The van der Waals surface area contributed by atoms with Gasteiger partial charge in [0.2, 0.25) is 5.91 Å². The molecular formula is C15H22N2O2. The SMILES string of the molecule is CNC(=O)C(C)CN(C)CC(=O)Cc1ccccc1.